The summed E-state index contributed by atoms with van der Waals surface area (Å²) in [5.74, 6) is 5.86. The summed E-state index contributed by atoms with van der Waals surface area (Å²) in [5.41, 5.74) is 1.60. The monoisotopic (exact) mass is 749 g/mol. The second kappa shape index (κ2) is 18.6. The molecule has 6 bridgehead atoms. The zero-order chi connectivity index (χ0) is 38.7. The van der Waals surface area contributed by atoms with Gasteiger partial charge in [-0.15, -0.1) is 0 Å². The van der Waals surface area contributed by atoms with Crippen LogP contribution in [-0.2, 0) is 23.8 Å². The van der Waals surface area contributed by atoms with Crippen molar-refractivity contribution in [2.75, 3.05) is 0 Å². The Hall–Kier alpha value is -1.92. The molecular formula is C48H76O6. The molecule has 15 atom stereocenters. The smallest absolute Gasteiger partial charge is 0.333 e. The molecule has 6 saturated carbocycles. The number of ether oxygens (including phenoxy) is 3. The predicted octanol–water partition coefficient (Wildman–Crippen LogP) is 11.2. The fourth-order valence-electron chi connectivity index (χ4n) is 13.4. The summed E-state index contributed by atoms with van der Waals surface area (Å²) in [4.78, 5) is 26.2. The molecule has 15 unspecified atom stereocenters. The number of hydrogen-bond acceptors (Lipinski definition) is 6. The Morgan fingerprint density at radius 2 is 1.19 bits per heavy atom. The maximum absolute atomic E-state index is 13.5. The number of aliphatic hydroxyl groups excluding tert-OH is 1. The van der Waals surface area contributed by atoms with E-state index in [1.54, 1.807) is 13.8 Å². The summed E-state index contributed by atoms with van der Waals surface area (Å²) in [5, 5.41) is 11.1. The molecule has 0 heterocycles. The first-order chi connectivity index (χ1) is 25.8. The molecule has 0 spiro atoms. The maximum Gasteiger partial charge on any atom is 0.333 e. The topological polar surface area (TPSA) is 82.1 Å². The van der Waals surface area contributed by atoms with E-state index in [4.69, 9.17) is 14.2 Å². The Kier molecular flexibility index (Phi) is 14.3. The summed E-state index contributed by atoms with van der Waals surface area (Å²) in [6.45, 7) is 21.8. The van der Waals surface area contributed by atoms with Crippen molar-refractivity contribution in [1.29, 1.82) is 0 Å². The van der Waals surface area contributed by atoms with Crippen LogP contribution in [0.4, 0.5) is 0 Å². The van der Waals surface area contributed by atoms with Crippen LogP contribution in [0.5, 0.6) is 0 Å². The molecule has 6 heteroatoms. The van der Waals surface area contributed by atoms with Crippen LogP contribution in [0.25, 0.3) is 0 Å². The molecule has 6 aliphatic rings. The van der Waals surface area contributed by atoms with Gasteiger partial charge in [0, 0.05) is 11.1 Å². The van der Waals surface area contributed by atoms with Crippen LogP contribution in [0.2, 0.25) is 0 Å². The minimum absolute atomic E-state index is 0.0101. The lowest BCUT2D eigenvalue weighted by atomic mass is 9.57. The Balaban J connectivity index is 1.25. The second-order valence-electron chi connectivity index (χ2n) is 20.0. The van der Waals surface area contributed by atoms with Gasteiger partial charge in [-0.2, -0.15) is 0 Å². The van der Waals surface area contributed by atoms with Crippen molar-refractivity contribution in [2.45, 2.75) is 181 Å². The summed E-state index contributed by atoms with van der Waals surface area (Å²) >= 11 is 0. The Labute approximate surface area is 328 Å². The molecule has 6 fully saturated rings. The van der Waals surface area contributed by atoms with Gasteiger partial charge in [-0.3, -0.25) is 0 Å². The van der Waals surface area contributed by atoms with E-state index >= 15 is 0 Å². The lowest BCUT2D eigenvalue weighted by molar-refractivity contribution is -0.165. The van der Waals surface area contributed by atoms with Gasteiger partial charge in [0.05, 0.1) is 6.10 Å². The first-order valence-electron chi connectivity index (χ1n) is 22.5. The van der Waals surface area contributed by atoms with Gasteiger partial charge < -0.3 is 19.3 Å². The molecule has 1 N–H and O–H groups in total. The van der Waals surface area contributed by atoms with Crippen molar-refractivity contribution < 1.29 is 28.9 Å². The highest BCUT2D eigenvalue weighted by atomic mass is 16.6. The zero-order valence-corrected chi connectivity index (χ0v) is 34.8. The SMILES string of the molecule is C=C(C)C(=O)OC(C)C1CC2CCCC(C2)C1CCC(OC(=O)C(=C)C)C1CC2CCCC(C2)C1CC(C)C(OC(O)C(=C)C)C1CC2CCCC(C2)C1. The first kappa shape index (κ1) is 41.7. The normalized spacial score (nSPS) is 37.5. The molecule has 6 rings (SSSR count). The molecule has 6 aliphatic carbocycles. The third-order valence-corrected chi connectivity index (χ3v) is 15.8. The summed E-state index contributed by atoms with van der Waals surface area (Å²) in [6, 6.07) is 0. The van der Waals surface area contributed by atoms with Crippen molar-refractivity contribution in [3.63, 3.8) is 0 Å². The van der Waals surface area contributed by atoms with E-state index in [0.717, 1.165) is 43.9 Å². The molecule has 0 saturated heterocycles. The van der Waals surface area contributed by atoms with Crippen molar-refractivity contribution >= 4 is 11.9 Å². The predicted molar refractivity (Wildman–Crippen MR) is 216 cm³/mol. The van der Waals surface area contributed by atoms with Crippen LogP contribution in [-0.4, -0.2) is 41.6 Å². The van der Waals surface area contributed by atoms with E-state index in [1.165, 1.54) is 89.9 Å². The standard InChI is InChI=1S/C48H76O6/c1-28(2)46(49)52-32(8)41-26-35-14-10-16-37(22-35)40(41)18-19-44(53-47(50)29(3)4)43-27-36-15-11-17-38(23-36)42(43)20-31(7)45(54-48(51)30(5)6)39-24-33-12-9-13-34(21-33)25-39/h31-45,48,51H,1,3,5,9-27H2,2,4,6-8H3. The highest BCUT2D eigenvalue weighted by Gasteiger charge is 2.48. The van der Waals surface area contributed by atoms with Gasteiger partial charge in [-0.25, -0.2) is 9.59 Å². The highest BCUT2D eigenvalue weighted by molar-refractivity contribution is 5.87. The number of rotatable bonds is 16. The second-order valence-corrected chi connectivity index (χ2v) is 20.0. The fraction of sp³-hybridized carbons (Fsp3) is 0.833. The molecular weight excluding hydrogens is 673 g/mol. The van der Waals surface area contributed by atoms with Gasteiger partial charge in [-0.05, 0) is 168 Å². The van der Waals surface area contributed by atoms with Crippen molar-refractivity contribution in [1.82, 2.24) is 0 Å². The average Bonchev–Trinajstić information content (AvgIpc) is 3.13. The zero-order valence-electron chi connectivity index (χ0n) is 34.8. The van der Waals surface area contributed by atoms with Gasteiger partial charge in [0.25, 0.3) is 0 Å². The summed E-state index contributed by atoms with van der Waals surface area (Å²) in [6.07, 6.45) is 21.8. The fourth-order valence-corrected chi connectivity index (χ4v) is 13.4. The van der Waals surface area contributed by atoms with Gasteiger partial charge in [-0.1, -0.05) is 84.4 Å². The minimum Gasteiger partial charge on any atom is -0.459 e. The molecule has 0 radical (unpaired) electrons. The quantitative estimate of drug-likeness (QED) is 0.0732. The third kappa shape index (κ3) is 10.1. The van der Waals surface area contributed by atoms with E-state index in [0.29, 0.717) is 64.1 Å². The molecule has 0 amide bonds. The van der Waals surface area contributed by atoms with Crippen molar-refractivity contribution in [2.24, 2.45) is 71.0 Å². The van der Waals surface area contributed by atoms with Crippen LogP contribution >= 0.6 is 0 Å². The number of carbonyl (C=O) groups is 2. The van der Waals surface area contributed by atoms with E-state index in [9.17, 15) is 14.7 Å². The molecule has 54 heavy (non-hydrogen) atoms. The van der Waals surface area contributed by atoms with Crippen molar-refractivity contribution in [3.8, 4) is 0 Å². The third-order valence-electron chi connectivity index (χ3n) is 15.8. The lowest BCUT2D eigenvalue weighted by Gasteiger charge is -2.50. The van der Waals surface area contributed by atoms with Gasteiger partial charge in [0.1, 0.15) is 12.2 Å². The van der Waals surface area contributed by atoms with Crippen LogP contribution in [0.1, 0.15) is 157 Å². The lowest BCUT2D eigenvalue weighted by Crippen LogP contribution is -2.46. The van der Waals surface area contributed by atoms with E-state index < -0.39 is 6.29 Å². The average molecular weight is 749 g/mol. The number of carbonyl (C=O) groups excluding carboxylic acids is 2. The van der Waals surface area contributed by atoms with E-state index in [1.807, 2.05) is 6.92 Å². The van der Waals surface area contributed by atoms with Crippen molar-refractivity contribution in [3.05, 3.63) is 36.5 Å². The summed E-state index contributed by atoms with van der Waals surface area (Å²) in [7, 11) is 0. The summed E-state index contributed by atoms with van der Waals surface area (Å²) < 4.78 is 19.3. The maximum atomic E-state index is 13.5. The van der Waals surface area contributed by atoms with E-state index in [2.05, 4.69) is 33.6 Å². The number of hydrogen-bond donors (Lipinski definition) is 1. The molecule has 0 aromatic carbocycles. The van der Waals surface area contributed by atoms with Crippen LogP contribution in [0, 0.1) is 71.0 Å². The highest BCUT2D eigenvalue weighted by Crippen LogP contribution is 2.54. The van der Waals surface area contributed by atoms with Crippen LogP contribution in [0.15, 0.2) is 36.5 Å². The first-order valence-corrected chi connectivity index (χ1v) is 22.5. The molecule has 0 aliphatic heterocycles. The van der Waals surface area contributed by atoms with Crippen LogP contribution in [0.3, 0.4) is 0 Å². The molecule has 0 aromatic heterocycles. The number of fused-ring (bicyclic) bond motifs is 6. The van der Waals surface area contributed by atoms with Gasteiger partial charge in [0.2, 0.25) is 0 Å². The molecule has 304 valence electrons. The largest absolute Gasteiger partial charge is 0.459 e. The Morgan fingerprint density at radius 1 is 0.667 bits per heavy atom. The van der Waals surface area contributed by atoms with Crippen LogP contribution < -0.4 is 0 Å². The molecule has 6 nitrogen and oxygen atoms in total. The number of esters is 2. The van der Waals surface area contributed by atoms with Gasteiger partial charge >= 0.3 is 11.9 Å². The van der Waals surface area contributed by atoms with Gasteiger partial charge in [0.15, 0.2) is 6.29 Å². The number of aliphatic hydroxyl groups is 1. The Bertz CT molecular complexity index is 1320. The molecule has 0 aromatic rings. The Morgan fingerprint density at radius 3 is 1.76 bits per heavy atom. The minimum atomic E-state index is -0.940. The van der Waals surface area contributed by atoms with E-state index in [-0.39, 0.29) is 42.1 Å².